The zero-order valence-corrected chi connectivity index (χ0v) is 20.6. The van der Waals surface area contributed by atoms with Gasteiger partial charge in [0.2, 0.25) is 0 Å². The first kappa shape index (κ1) is 24.0. The standard InChI is InChI=1S/C29H34O6/c1-28(2)23-14-15-29(28,3)25-22(23)16-24(35-25)34-21(17-32-26(30)19-10-6-4-7-11-19)18-33-27(31)20-12-8-5-9-13-20/h4-13,21-25H,14-18H2,1-3H3/t22-,23+,24-,25-,29-/m0/s1. The number of fused-ring (bicyclic) bond motifs is 5. The molecule has 1 aliphatic heterocycles. The molecule has 2 aromatic rings. The lowest BCUT2D eigenvalue weighted by Gasteiger charge is -2.38. The lowest BCUT2D eigenvalue weighted by molar-refractivity contribution is -0.198. The fourth-order valence-corrected chi connectivity index (χ4v) is 6.57. The molecule has 0 radical (unpaired) electrons. The van der Waals surface area contributed by atoms with Gasteiger partial charge >= 0.3 is 11.9 Å². The normalized spacial score (nSPS) is 30.3. The smallest absolute Gasteiger partial charge is 0.338 e. The summed E-state index contributed by atoms with van der Waals surface area (Å²) in [5.74, 6) is 0.208. The van der Waals surface area contributed by atoms with Crippen LogP contribution in [0.4, 0.5) is 0 Å². The van der Waals surface area contributed by atoms with E-state index in [2.05, 4.69) is 20.8 Å². The van der Waals surface area contributed by atoms with Gasteiger partial charge in [-0.1, -0.05) is 57.2 Å². The highest BCUT2D eigenvalue weighted by molar-refractivity contribution is 5.89. The molecule has 5 atom stereocenters. The highest BCUT2D eigenvalue weighted by atomic mass is 16.7. The van der Waals surface area contributed by atoms with E-state index in [0.29, 0.717) is 23.0 Å². The number of esters is 2. The fraction of sp³-hybridized carbons (Fsp3) is 0.517. The Morgan fingerprint density at radius 1 is 0.914 bits per heavy atom. The van der Waals surface area contributed by atoms with E-state index >= 15 is 0 Å². The number of benzene rings is 2. The first-order valence-corrected chi connectivity index (χ1v) is 12.5. The Hall–Kier alpha value is -2.70. The molecule has 0 N–H and O–H groups in total. The van der Waals surface area contributed by atoms with Gasteiger partial charge in [-0.2, -0.15) is 0 Å². The van der Waals surface area contributed by atoms with Crippen LogP contribution in [0.5, 0.6) is 0 Å². The Morgan fingerprint density at radius 3 is 1.97 bits per heavy atom. The summed E-state index contributed by atoms with van der Waals surface area (Å²) in [4.78, 5) is 25.0. The van der Waals surface area contributed by atoms with Crippen LogP contribution in [-0.2, 0) is 18.9 Å². The van der Waals surface area contributed by atoms with Gasteiger partial charge in [-0.3, -0.25) is 0 Å². The molecular weight excluding hydrogens is 444 g/mol. The summed E-state index contributed by atoms with van der Waals surface area (Å²) in [6.45, 7) is 7.03. The quantitative estimate of drug-likeness (QED) is 0.481. The summed E-state index contributed by atoms with van der Waals surface area (Å²) < 4.78 is 23.8. The van der Waals surface area contributed by atoms with Gasteiger partial charge in [-0.05, 0) is 59.8 Å². The van der Waals surface area contributed by atoms with Crippen LogP contribution in [0.2, 0.25) is 0 Å². The number of carbonyl (C=O) groups excluding carboxylic acids is 2. The van der Waals surface area contributed by atoms with E-state index in [0.717, 1.165) is 6.42 Å². The molecule has 1 heterocycles. The molecule has 3 aliphatic rings. The van der Waals surface area contributed by atoms with Gasteiger partial charge in [-0.25, -0.2) is 9.59 Å². The van der Waals surface area contributed by atoms with Gasteiger partial charge in [0, 0.05) is 6.42 Å². The summed E-state index contributed by atoms with van der Waals surface area (Å²) >= 11 is 0. The summed E-state index contributed by atoms with van der Waals surface area (Å²) in [5, 5.41) is 0. The van der Waals surface area contributed by atoms with E-state index in [9.17, 15) is 9.59 Å². The molecule has 2 saturated carbocycles. The molecule has 186 valence electrons. The maximum absolute atomic E-state index is 12.5. The molecule has 1 saturated heterocycles. The Labute approximate surface area is 206 Å². The van der Waals surface area contributed by atoms with Gasteiger partial charge in [0.25, 0.3) is 0 Å². The molecular formula is C29H34O6. The van der Waals surface area contributed by atoms with Crippen LogP contribution in [0.25, 0.3) is 0 Å². The van der Waals surface area contributed by atoms with Crippen LogP contribution in [0.1, 0.15) is 60.7 Å². The van der Waals surface area contributed by atoms with E-state index in [1.807, 2.05) is 12.1 Å². The predicted molar refractivity (Wildman–Crippen MR) is 130 cm³/mol. The third kappa shape index (κ3) is 4.38. The van der Waals surface area contributed by atoms with E-state index in [1.54, 1.807) is 48.5 Å². The van der Waals surface area contributed by atoms with Crippen LogP contribution >= 0.6 is 0 Å². The van der Waals surface area contributed by atoms with Crippen LogP contribution in [0, 0.1) is 22.7 Å². The molecule has 35 heavy (non-hydrogen) atoms. The molecule has 0 unspecified atom stereocenters. The average molecular weight is 479 g/mol. The maximum atomic E-state index is 12.5. The Balaban J connectivity index is 1.24. The van der Waals surface area contributed by atoms with E-state index in [4.69, 9.17) is 18.9 Å². The number of rotatable bonds is 8. The van der Waals surface area contributed by atoms with Crippen LogP contribution in [0.3, 0.4) is 0 Å². The van der Waals surface area contributed by atoms with Crippen molar-refractivity contribution < 1.29 is 28.5 Å². The van der Waals surface area contributed by atoms with E-state index < -0.39 is 24.3 Å². The molecule has 2 aromatic carbocycles. The molecule has 2 aliphatic carbocycles. The van der Waals surface area contributed by atoms with Gasteiger partial charge in [0.05, 0.1) is 17.2 Å². The molecule has 0 amide bonds. The minimum atomic E-state index is -0.627. The van der Waals surface area contributed by atoms with Gasteiger partial charge in [0.1, 0.15) is 19.3 Å². The van der Waals surface area contributed by atoms with Crippen molar-refractivity contribution in [1.29, 1.82) is 0 Å². The second kappa shape index (κ2) is 9.40. The summed E-state index contributed by atoms with van der Waals surface area (Å²) in [5.41, 5.74) is 1.32. The van der Waals surface area contributed by atoms with Gasteiger partial charge in [-0.15, -0.1) is 0 Å². The van der Waals surface area contributed by atoms with Crippen molar-refractivity contribution in [2.75, 3.05) is 13.2 Å². The maximum Gasteiger partial charge on any atom is 0.338 e. The fourth-order valence-electron chi connectivity index (χ4n) is 6.57. The molecule has 3 fully saturated rings. The Bertz CT molecular complexity index is 996. The summed E-state index contributed by atoms with van der Waals surface area (Å²) in [6, 6.07) is 17.6. The van der Waals surface area contributed by atoms with E-state index in [-0.39, 0.29) is 30.1 Å². The van der Waals surface area contributed by atoms with Crippen molar-refractivity contribution >= 4 is 11.9 Å². The lowest BCUT2D eigenvalue weighted by atomic mass is 9.70. The van der Waals surface area contributed by atoms with E-state index in [1.165, 1.54) is 12.8 Å². The van der Waals surface area contributed by atoms with Crippen LogP contribution in [0.15, 0.2) is 60.7 Å². The third-order valence-corrected chi connectivity index (χ3v) is 8.83. The second-order valence-electron chi connectivity index (χ2n) is 10.9. The molecule has 2 bridgehead atoms. The van der Waals surface area contributed by atoms with Crippen molar-refractivity contribution in [2.45, 2.75) is 58.5 Å². The monoisotopic (exact) mass is 478 g/mol. The molecule has 6 heteroatoms. The number of hydrogen-bond donors (Lipinski definition) is 0. The number of carbonyl (C=O) groups is 2. The number of ether oxygens (including phenoxy) is 4. The Kier molecular flexibility index (Phi) is 6.45. The first-order valence-electron chi connectivity index (χ1n) is 12.5. The molecule has 6 nitrogen and oxygen atoms in total. The second-order valence-corrected chi connectivity index (χ2v) is 10.9. The minimum Gasteiger partial charge on any atom is -0.459 e. The summed E-state index contributed by atoms with van der Waals surface area (Å²) in [6.07, 6.45) is 2.35. The van der Waals surface area contributed by atoms with Crippen molar-refractivity contribution in [1.82, 2.24) is 0 Å². The topological polar surface area (TPSA) is 71.1 Å². The Morgan fingerprint density at radius 2 is 1.46 bits per heavy atom. The van der Waals surface area contributed by atoms with Crippen molar-refractivity contribution in [3.05, 3.63) is 71.8 Å². The first-order chi connectivity index (χ1) is 16.8. The van der Waals surface area contributed by atoms with Gasteiger partial charge < -0.3 is 18.9 Å². The highest BCUT2D eigenvalue weighted by Crippen LogP contribution is 2.71. The van der Waals surface area contributed by atoms with Crippen molar-refractivity contribution in [3.8, 4) is 0 Å². The summed E-state index contributed by atoms with van der Waals surface area (Å²) in [7, 11) is 0. The zero-order valence-electron chi connectivity index (χ0n) is 20.6. The van der Waals surface area contributed by atoms with Crippen molar-refractivity contribution in [3.63, 3.8) is 0 Å². The number of hydrogen-bond acceptors (Lipinski definition) is 6. The third-order valence-electron chi connectivity index (χ3n) is 8.83. The largest absolute Gasteiger partial charge is 0.459 e. The minimum absolute atomic E-state index is 0.0306. The predicted octanol–water partition coefficient (Wildman–Crippen LogP) is 5.27. The SMILES string of the molecule is CC1(C)[C@@H]2CC[C@@]1(C)[C@H]1O[C@H](OC(COC(=O)c3ccccc3)COC(=O)c3ccccc3)C[C@@H]21. The molecule has 0 spiro atoms. The zero-order chi connectivity index (χ0) is 24.6. The lowest BCUT2D eigenvalue weighted by Crippen LogP contribution is -2.39. The highest BCUT2D eigenvalue weighted by Gasteiger charge is 2.69. The average Bonchev–Trinajstić information content (AvgIpc) is 3.44. The van der Waals surface area contributed by atoms with Gasteiger partial charge in [0.15, 0.2) is 6.29 Å². The van der Waals surface area contributed by atoms with Crippen molar-refractivity contribution in [2.24, 2.45) is 22.7 Å². The molecule has 5 rings (SSSR count). The van der Waals surface area contributed by atoms with Crippen LogP contribution < -0.4 is 0 Å². The molecule has 0 aromatic heterocycles. The van der Waals surface area contributed by atoms with Crippen LogP contribution in [-0.4, -0.2) is 43.7 Å².